The Labute approximate surface area is 372 Å². The van der Waals surface area contributed by atoms with E-state index >= 15 is 0 Å². The van der Waals surface area contributed by atoms with Crippen LogP contribution in [0.4, 0.5) is 25.8 Å². The number of benzene rings is 2. The fraction of sp³-hybridized carbons (Fsp3) is 0.532. The van der Waals surface area contributed by atoms with Gasteiger partial charge in [-0.1, -0.05) is 25.0 Å². The van der Waals surface area contributed by atoms with Crippen molar-refractivity contribution < 1.29 is 36.4 Å². The van der Waals surface area contributed by atoms with Gasteiger partial charge in [-0.3, -0.25) is 19.8 Å². The number of pyridine rings is 1. The molecule has 2 saturated heterocycles. The maximum Gasteiger partial charge on any atom is 0.293 e. The van der Waals surface area contributed by atoms with Crippen molar-refractivity contribution in [3.63, 3.8) is 0 Å². The molecule has 2 aromatic heterocycles. The van der Waals surface area contributed by atoms with Gasteiger partial charge < -0.3 is 24.7 Å². The third-order valence-electron chi connectivity index (χ3n) is 14.3. The van der Waals surface area contributed by atoms with Crippen LogP contribution in [-0.2, 0) is 14.8 Å². The number of amides is 1. The van der Waals surface area contributed by atoms with E-state index < -0.39 is 43.3 Å². The standard InChI is InChI=1S/C47H57F2N7O7S/c1-46(2)12-8-31(39(25-46)37-24-40(47(3,48)49)38-23-36(37)38)28-54-14-16-55(17-15-54)32-4-6-35(43(21-32)63-33-20-30-9-13-50-44(30)52-27-33)45(57)53-64(60,61)34-5-7-41(42(22-34)56(58)59)51-26-29-10-18-62-19-11-29/h4-7,9,13,20-22,27,29,36-38,40,51H,8,10-12,14-19,23-26,28H2,1-3H3,(H,50,52)(H,53,57)/t36?,37-,38?,40+/m1/s1. The number of carbonyl (C=O) groups is 1. The lowest BCUT2D eigenvalue weighted by Gasteiger charge is -2.40. The van der Waals surface area contributed by atoms with E-state index in [0.29, 0.717) is 56.6 Å². The molecule has 0 spiro atoms. The zero-order chi connectivity index (χ0) is 45.0. The smallest absolute Gasteiger partial charge is 0.293 e. The number of sulfonamides is 1. The summed E-state index contributed by atoms with van der Waals surface area (Å²) in [5.74, 6) is -2.66. The van der Waals surface area contributed by atoms with Gasteiger partial charge in [0.25, 0.3) is 21.6 Å². The molecule has 2 aliphatic heterocycles. The van der Waals surface area contributed by atoms with Crippen LogP contribution >= 0.6 is 0 Å². The summed E-state index contributed by atoms with van der Waals surface area (Å²) in [6.45, 7) is 11.1. The summed E-state index contributed by atoms with van der Waals surface area (Å²) in [5.41, 5.74) is 4.15. The molecule has 14 nitrogen and oxygen atoms in total. The second-order valence-electron chi connectivity index (χ2n) is 19.4. The summed E-state index contributed by atoms with van der Waals surface area (Å²) >= 11 is 0. The van der Waals surface area contributed by atoms with Crippen LogP contribution in [0.15, 0.2) is 77.0 Å². The van der Waals surface area contributed by atoms with Gasteiger partial charge in [0, 0.05) is 87.8 Å². The Morgan fingerprint density at radius 1 is 1.06 bits per heavy atom. The predicted molar refractivity (Wildman–Crippen MR) is 240 cm³/mol. The summed E-state index contributed by atoms with van der Waals surface area (Å²) in [4.78, 5) is 37.1. The number of ether oxygens (including phenoxy) is 2. The van der Waals surface area contributed by atoms with E-state index in [-0.39, 0.29) is 40.2 Å². The van der Waals surface area contributed by atoms with Crippen LogP contribution < -0.4 is 19.7 Å². The van der Waals surface area contributed by atoms with Crippen LogP contribution in [0, 0.1) is 45.1 Å². The van der Waals surface area contributed by atoms with Crippen molar-refractivity contribution in [3.05, 3.63) is 87.7 Å². The van der Waals surface area contributed by atoms with Crippen molar-refractivity contribution in [1.29, 1.82) is 0 Å². The number of hydrogen-bond donors (Lipinski definition) is 3. The second kappa shape index (κ2) is 17.3. The van der Waals surface area contributed by atoms with Gasteiger partial charge in [-0.05, 0) is 117 Å². The number of nitrogens with zero attached hydrogens (tertiary/aromatic N) is 4. The molecule has 4 aromatic rings. The third kappa shape index (κ3) is 9.48. The van der Waals surface area contributed by atoms with Crippen molar-refractivity contribution in [3.8, 4) is 11.5 Å². The first kappa shape index (κ1) is 44.1. The Hall–Kier alpha value is -5.13. The fourth-order valence-corrected chi connectivity index (χ4v) is 11.6. The average molecular weight is 902 g/mol. The molecule has 64 heavy (non-hydrogen) atoms. The number of nitro benzene ring substituents is 1. The van der Waals surface area contributed by atoms with Crippen LogP contribution in [0.3, 0.4) is 0 Å². The van der Waals surface area contributed by atoms with Gasteiger partial charge >= 0.3 is 0 Å². The van der Waals surface area contributed by atoms with Crippen molar-refractivity contribution in [2.75, 3.05) is 62.7 Å². The number of nitrogens with one attached hydrogen (secondary N) is 3. The van der Waals surface area contributed by atoms with Gasteiger partial charge in [0.1, 0.15) is 22.8 Å². The molecule has 2 unspecified atom stereocenters. The zero-order valence-corrected chi connectivity index (χ0v) is 37.4. The van der Waals surface area contributed by atoms with E-state index in [4.69, 9.17) is 9.47 Å². The van der Waals surface area contributed by atoms with Crippen LogP contribution in [0.5, 0.6) is 11.5 Å². The molecule has 2 saturated carbocycles. The lowest BCUT2D eigenvalue weighted by molar-refractivity contribution is -0.384. The number of alkyl halides is 2. The minimum atomic E-state index is -4.58. The van der Waals surface area contributed by atoms with E-state index in [1.54, 1.807) is 24.4 Å². The van der Waals surface area contributed by atoms with Crippen LogP contribution in [0.25, 0.3) is 11.0 Å². The highest BCUT2D eigenvalue weighted by atomic mass is 32.2. The number of anilines is 2. The highest BCUT2D eigenvalue weighted by Crippen LogP contribution is 2.65. The SMILES string of the molecule is CC1(C)CCC(CN2CCN(c3ccc(C(=O)NS(=O)(=O)c4ccc(NCC5CCOCC5)c([N+](=O)[O-])c4)c(Oc4cnc5[nH]ccc5c4)c3)CC2)=C([C@@H]2C[C@H](C(C)(F)F)C3CC32)C1. The van der Waals surface area contributed by atoms with E-state index in [2.05, 4.69) is 43.7 Å². The minimum Gasteiger partial charge on any atom is -0.455 e. The predicted octanol–water partition coefficient (Wildman–Crippen LogP) is 8.78. The molecule has 3 aliphatic carbocycles. The number of aromatic amines is 1. The molecular formula is C47H57F2N7O7S. The molecule has 17 heteroatoms. The topological polar surface area (TPSA) is 172 Å². The number of H-pyrrole nitrogens is 1. The summed E-state index contributed by atoms with van der Waals surface area (Å²) in [6, 6.07) is 12.1. The number of halogens is 2. The molecule has 4 heterocycles. The molecule has 0 radical (unpaired) electrons. The van der Waals surface area contributed by atoms with E-state index in [0.717, 1.165) is 82.2 Å². The number of carbonyl (C=O) groups excluding carboxylic acids is 1. The average Bonchev–Trinajstić information content (AvgIpc) is 3.71. The van der Waals surface area contributed by atoms with E-state index in [9.17, 15) is 32.1 Å². The molecule has 9 rings (SSSR count). The number of allylic oxidation sites excluding steroid dienone is 1. The molecule has 5 aliphatic rings. The number of fused-ring (bicyclic) bond motifs is 2. The Morgan fingerprint density at radius 2 is 1.84 bits per heavy atom. The van der Waals surface area contributed by atoms with Crippen LogP contribution in [0.1, 0.15) is 76.1 Å². The molecule has 4 fully saturated rings. The normalized spacial score (nSPS) is 24.1. The minimum absolute atomic E-state index is 0.0584. The summed E-state index contributed by atoms with van der Waals surface area (Å²) < 4.78 is 70.4. The fourth-order valence-electron chi connectivity index (χ4n) is 10.7. The molecule has 4 atom stereocenters. The molecule has 1 amide bonds. The number of piperazine rings is 1. The van der Waals surface area contributed by atoms with Gasteiger partial charge in [-0.25, -0.2) is 26.9 Å². The summed E-state index contributed by atoms with van der Waals surface area (Å²) in [7, 11) is -4.58. The van der Waals surface area contributed by atoms with E-state index in [1.165, 1.54) is 35.5 Å². The number of rotatable bonds is 14. The largest absolute Gasteiger partial charge is 0.455 e. The Balaban J connectivity index is 0.918. The molecule has 3 N–H and O–H groups in total. The maximum absolute atomic E-state index is 14.6. The Kier molecular flexibility index (Phi) is 12.0. The second-order valence-corrected chi connectivity index (χ2v) is 21.1. The lowest BCUT2D eigenvalue weighted by atomic mass is 9.69. The summed E-state index contributed by atoms with van der Waals surface area (Å²) in [5, 5.41) is 16.0. The van der Waals surface area contributed by atoms with Gasteiger partial charge in [-0.2, -0.15) is 0 Å². The van der Waals surface area contributed by atoms with Crippen molar-refractivity contribution in [2.45, 2.75) is 76.5 Å². The van der Waals surface area contributed by atoms with Crippen molar-refractivity contribution >= 4 is 44.0 Å². The monoisotopic (exact) mass is 901 g/mol. The first-order chi connectivity index (χ1) is 30.5. The highest BCUT2D eigenvalue weighted by Gasteiger charge is 2.61. The van der Waals surface area contributed by atoms with Crippen molar-refractivity contribution in [1.82, 2.24) is 19.6 Å². The van der Waals surface area contributed by atoms with Crippen molar-refractivity contribution in [2.24, 2.45) is 35.0 Å². The molecule has 342 valence electrons. The highest BCUT2D eigenvalue weighted by molar-refractivity contribution is 7.90. The first-order valence-electron chi connectivity index (χ1n) is 22.5. The lowest BCUT2D eigenvalue weighted by Crippen LogP contribution is -2.47. The number of hydrogen-bond acceptors (Lipinski definition) is 11. The number of nitro groups is 1. The van der Waals surface area contributed by atoms with Gasteiger partial charge in [0.2, 0.25) is 5.92 Å². The third-order valence-corrected chi connectivity index (χ3v) is 15.7. The quantitative estimate of drug-likeness (QED) is 0.0628. The first-order valence-corrected chi connectivity index (χ1v) is 24.0. The Bertz CT molecular complexity index is 2560. The molecule has 0 bridgehead atoms. The van der Waals surface area contributed by atoms with Crippen LogP contribution in [0.2, 0.25) is 0 Å². The molecule has 2 aromatic carbocycles. The van der Waals surface area contributed by atoms with Gasteiger partial charge in [-0.15, -0.1) is 0 Å². The zero-order valence-electron chi connectivity index (χ0n) is 36.6. The van der Waals surface area contributed by atoms with Crippen LogP contribution in [-0.4, -0.2) is 92.5 Å². The Morgan fingerprint density at radius 3 is 2.58 bits per heavy atom. The van der Waals surface area contributed by atoms with Gasteiger partial charge in [0.15, 0.2) is 0 Å². The molecular weight excluding hydrogens is 845 g/mol. The van der Waals surface area contributed by atoms with E-state index in [1.807, 2.05) is 6.07 Å². The maximum atomic E-state index is 14.6. The van der Waals surface area contributed by atoms with Gasteiger partial charge in [0.05, 0.1) is 21.6 Å². The summed E-state index contributed by atoms with van der Waals surface area (Å²) in [6.07, 6.45) is 9.43. The number of aromatic nitrogens is 2.